The largest absolute Gasteiger partial charge is 0.494 e. The SMILES string of the molecule is COc1cc(-c2cccc(NS(=O)CC(C)C)c2F)cc2c(N3CCOCC3)nc(-c3cnc(N)nc3)nc12. The van der Waals surface area contributed by atoms with E-state index in [9.17, 15) is 4.21 Å². The number of anilines is 3. The third kappa shape index (κ3) is 5.76. The van der Waals surface area contributed by atoms with E-state index in [1.54, 1.807) is 43.8 Å². The Hall–Kier alpha value is -3.90. The number of nitrogens with two attached hydrogens (primary N) is 1. The average molecular weight is 552 g/mol. The van der Waals surface area contributed by atoms with Gasteiger partial charge in [0.15, 0.2) is 11.6 Å². The molecule has 39 heavy (non-hydrogen) atoms. The third-order valence-corrected chi connectivity index (χ3v) is 7.64. The number of benzene rings is 2. The van der Waals surface area contributed by atoms with E-state index in [4.69, 9.17) is 25.2 Å². The van der Waals surface area contributed by atoms with Crippen molar-refractivity contribution in [3.63, 3.8) is 0 Å². The van der Waals surface area contributed by atoms with E-state index in [0.717, 1.165) is 0 Å². The predicted molar refractivity (Wildman–Crippen MR) is 151 cm³/mol. The fourth-order valence-electron chi connectivity index (χ4n) is 4.40. The Bertz CT molecular complexity index is 1510. The minimum absolute atomic E-state index is 0.155. The van der Waals surface area contributed by atoms with Crippen LogP contribution in [0, 0.1) is 11.7 Å². The van der Waals surface area contributed by atoms with Gasteiger partial charge >= 0.3 is 0 Å². The topological polar surface area (TPSA) is 128 Å². The number of nitrogens with one attached hydrogen (secondary N) is 1. The molecule has 1 unspecified atom stereocenters. The van der Waals surface area contributed by atoms with Crippen LogP contribution in [0.15, 0.2) is 42.7 Å². The normalized spacial score (nSPS) is 14.5. The molecule has 12 heteroatoms. The summed E-state index contributed by atoms with van der Waals surface area (Å²) in [5, 5.41) is 0.701. The van der Waals surface area contributed by atoms with Crippen LogP contribution in [0.5, 0.6) is 5.75 Å². The lowest BCUT2D eigenvalue weighted by Crippen LogP contribution is -2.37. The molecule has 5 rings (SSSR count). The van der Waals surface area contributed by atoms with E-state index in [1.807, 2.05) is 19.9 Å². The van der Waals surface area contributed by atoms with Crippen LogP contribution in [-0.2, 0) is 15.7 Å². The molecule has 1 aliphatic rings. The lowest BCUT2D eigenvalue weighted by molar-refractivity contribution is 0.122. The molecule has 3 N–H and O–H groups in total. The molecule has 0 aliphatic carbocycles. The fraction of sp³-hybridized carbons (Fsp3) is 0.333. The van der Waals surface area contributed by atoms with Gasteiger partial charge in [-0.05, 0) is 29.7 Å². The highest BCUT2D eigenvalue weighted by molar-refractivity contribution is 7.86. The Morgan fingerprint density at radius 1 is 1.15 bits per heavy atom. The number of hydrogen-bond donors (Lipinski definition) is 2. The number of morpholine rings is 1. The molecule has 0 bridgehead atoms. The van der Waals surface area contributed by atoms with Gasteiger partial charge < -0.3 is 24.8 Å². The zero-order valence-corrected chi connectivity index (χ0v) is 22.8. The summed E-state index contributed by atoms with van der Waals surface area (Å²) in [5.41, 5.74) is 7.94. The van der Waals surface area contributed by atoms with Crippen molar-refractivity contribution in [3.05, 3.63) is 48.5 Å². The van der Waals surface area contributed by atoms with Gasteiger partial charge in [0.1, 0.15) is 28.1 Å². The molecule has 204 valence electrons. The maximum absolute atomic E-state index is 15.7. The minimum Gasteiger partial charge on any atom is -0.494 e. The number of ether oxygens (including phenoxy) is 2. The maximum Gasteiger partial charge on any atom is 0.219 e. The molecule has 2 aromatic carbocycles. The van der Waals surface area contributed by atoms with Gasteiger partial charge in [0.05, 0.1) is 31.6 Å². The molecule has 0 saturated carbocycles. The second-order valence-corrected chi connectivity index (χ2v) is 10.8. The summed E-state index contributed by atoms with van der Waals surface area (Å²) < 4.78 is 42.3. The predicted octanol–water partition coefficient (Wildman–Crippen LogP) is 4.05. The van der Waals surface area contributed by atoms with Gasteiger partial charge in [0.2, 0.25) is 5.95 Å². The third-order valence-electron chi connectivity index (χ3n) is 6.22. The van der Waals surface area contributed by atoms with Gasteiger partial charge in [-0.15, -0.1) is 0 Å². The monoisotopic (exact) mass is 551 g/mol. The zero-order chi connectivity index (χ0) is 27.5. The number of nitrogen functional groups attached to an aromatic ring is 1. The summed E-state index contributed by atoms with van der Waals surface area (Å²) >= 11 is 0. The number of fused-ring (bicyclic) bond motifs is 1. The molecule has 1 atom stereocenters. The van der Waals surface area contributed by atoms with Crippen molar-refractivity contribution in [1.29, 1.82) is 0 Å². The molecule has 2 aromatic heterocycles. The summed E-state index contributed by atoms with van der Waals surface area (Å²) in [6, 6.07) is 8.60. The number of aromatic nitrogens is 4. The van der Waals surface area contributed by atoms with Gasteiger partial charge in [-0.25, -0.2) is 28.5 Å². The van der Waals surface area contributed by atoms with Crippen LogP contribution in [0.3, 0.4) is 0 Å². The van der Waals surface area contributed by atoms with Gasteiger partial charge in [0.25, 0.3) is 0 Å². The smallest absolute Gasteiger partial charge is 0.219 e. The molecule has 10 nitrogen and oxygen atoms in total. The molecule has 0 radical (unpaired) electrons. The lowest BCUT2D eigenvalue weighted by Gasteiger charge is -2.29. The van der Waals surface area contributed by atoms with Crippen molar-refractivity contribution in [2.45, 2.75) is 13.8 Å². The van der Waals surface area contributed by atoms with E-state index < -0.39 is 16.8 Å². The van der Waals surface area contributed by atoms with Crippen LogP contribution >= 0.6 is 0 Å². The summed E-state index contributed by atoms with van der Waals surface area (Å²) in [7, 11) is 0.141. The first-order valence-corrected chi connectivity index (χ1v) is 13.9. The van der Waals surface area contributed by atoms with Gasteiger partial charge in [-0.2, -0.15) is 0 Å². The first-order valence-electron chi connectivity index (χ1n) is 12.6. The Morgan fingerprint density at radius 2 is 1.90 bits per heavy atom. The van der Waals surface area contributed by atoms with E-state index in [2.05, 4.69) is 19.6 Å². The van der Waals surface area contributed by atoms with E-state index in [1.165, 1.54) is 0 Å². The Morgan fingerprint density at radius 3 is 2.59 bits per heavy atom. The number of hydrogen-bond acceptors (Lipinski definition) is 9. The second kappa shape index (κ2) is 11.5. The quantitative estimate of drug-likeness (QED) is 0.333. The summed E-state index contributed by atoms with van der Waals surface area (Å²) in [4.78, 5) is 19.9. The van der Waals surface area contributed by atoms with E-state index in [0.29, 0.717) is 77.0 Å². The fourth-order valence-corrected chi connectivity index (χ4v) is 5.49. The van der Waals surface area contributed by atoms with Crippen molar-refractivity contribution in [2.75, 3.05) is 54.5 Å². The van der Waals surface area contributed by atoms with E-state index >= 15 is 4.39 Å². The van der Waals surface area contributed by atoms with Crippen LogP contribution in [0.1, 0.15) is 13.8 Å². The summed E-state index contributed by atoms with van der Waals surface area (Å²) in [6.07, 6.45) is 3.15. The van der Waals surface area contributed by atoms with Gasteiger partial charge in [-0.3, -0.25) is 0 Å². The summed E-state index contributed by atoms with van der Waals surface area (Å²) in [5.74, 6) is 1.82. The van der Waals surface area contributed by atoms with Gasteiger partial charge in [0, 0.05) is 42.2 Å². The molecule has 1 saturated heterocycles. The van der Waals surface area contributed by atoms with Crippen molar-refractivity contribution < 1.29 is 18.1 Å². The average Bonchev–Trinajstić information content (AvgIpc) is 2.93. The second-order valence-electron chi connectivity index (χ2n) is 9.55. The maximum atomic E-state index is 15.7. The number of methoxy groups -OCH3 is 1. The number of nitrogens with zero attached hydrogens (tertiary/aromatic N) is 5. The lowest BCUT2D eigenvalue weighted by atomic mass is 10.0. The van der Waals surface area contributed by atoms with Crippen molar-refractivity contribution in [3.8, 4) is 28.3 Å². The van der Waals surface area contributed by atoms with Gasteiger partial charge in [-0.1, -0.05) is 26.0 Å². The van der Waals surface area contributed by atoms with Crippen molar-refractivity contribution in [1.82, 2.24) is 19.9 Å². The molecule has 0 amide bonds. The highest BCUT2D eigenvalue weighted by atomic mass is 32.2. The highest BCUT2D eigenvalue weighted by Gasteiger charge is 2.22. The molecule has 0 spiro atoms. The highest BCUT2D eigenvalue weighted by Crippen LogP contribution is 2.39. The van der Waals surface area contributed by atoms with Crippen molar-refractivity contribution >= 4 is 39.3 Å². The molecular formula is C27H30FN7O3S. The Labute approximate surface area is 228 Å². The minimum atomic E-state index is -1.41. The molecule has 1 aliphatic heterocycles. The molecule has 1 fully saturated rings. The zero-order valence-electron chi connectivity index (χ0n) is 22.0. The standard InChI is InChI=1S/C27H30FN7O3S/c1-16(2)15-39(36)34-21-6-4-5-19(23(21)28)17-11-20-24(22(12-17)37-3)32-25(18-13-30-27(29)31-14-18)33-26(20)35-7-9-38-10-8-35/h4-6,11-14,16,34H,7-10,15H2,1-3H3,(H2,29,30,31). The van der Waals surface area contributed by atoms with Crippen LogP contribution in [0.25, 0.3) is 33.4 Å². The molecular weight excluding hydrogens is 521 g/mol. The number of halogens is 1. The molecule has 3 heterocycles. The molecule has 4 aromatic rings. The van der Waals surface area contributed by atoms with Crippen LogP contribution < -0.4 is 20.1 Å². The van der Waals surface area contributed by atoms with Crippen LogP contribution in [0.2, 0.25) is 0 Å². The van der Waals surface area contributed by atoms with Crippen LogP contribution in [-0.4, -0.2) is 63.3 Å². The first-order chi connectivity index (χ1) is 18.8. The Balaban J connectivity index is 1.66. The Kier molecular flexibility index (Phi) is 7.84. The van der Waals surface area contributed by atoms with E-state index in [-0.39, 0.29) is 17.6 Å². The number of rotatable bonds is 8. The first kappa shape index (κ1) is 26.7. The summed E-state index contributed by atoms with van der Waals surface area (Å²) in [6.45, 7) is 6.30. The van der Waals surface area contributed by atoms with Crippen molar-refractivity contribution in [2.24, 2.45) is 5.92 Å². The van der Waals surface area contributed by atoms with Crippen LogP contribution in [0.4, 0.5) is 21.8 Å².